The molecule has 0 spiro atoms. The van der Waals surface area contributed by atoms with Crippen LogP contribution in [-0.4, -0.2) is 88.3 Å². The summed E-state index contributed by atoms with van der Waals surface area (Å²) in [5.41, 5.74) is 0.456. The summed E-state index contributed by atoms with van der Waals surface area (Å²) < 4.78 is 20.6. The van der Waals surface area contributed by atoms with E-state index in [1.165, 1.54) is 4.90 Å². The van der Waals surface area contributed by atoms with Crippen LogP contribution in [0.2, 0.25) is 0 Å². The molecule has 3 amide bonds. The van der Waals surface area contributed by atoms with Gasteiger partial charge in [0.25, 0.3) is 14.4 Å². The standard InChI is InChI=1S/C25H37N4O6P.Ir/c1-18(2)29(19(3)4)36(33-15-8-12-26)35-21-16-23(34-22(21)17-30)27-13-9-14-28(25(27)32)24(31)20-10-6-5-7-11-20;/h5-7,10-11,18-19,21-23,30H,8-9,13-17H2,1-4H3;/t21-,22?,23-,36?;/m1./s1. The number of carbonyl (C=O) groups is 2. The minimum atomic E-state index is -1.53. The Bertz CT molecular complexity index is 910. The van der Waals surface area contributed by atoms with Crippen molar-refractivity contribution in [3.8, 4) is 6.07 Å². The summed E-state index contributed by atoms with van der Waals surface area (Å²) in [6.45, 7) is 8.95. The first-order valence-corrected chi connectivity index (χ1v) is 13.6. The van der Waals surface area contributed by atoms with Gasteiger partial charge >= 0.3 is 6.03 Å². The summed E-state index contributed by atoms with van der Waals surface area (Å²) in [4.78, 5) is 29.1. The van der Waals surface area contributed by atoms with Gasteiger partial charge in [0.1, 0.15) is 12.3 Å². The molecule has 1 N–H and O–H groups in total. The number of benzene rings is 1. The zero-order valence-electron chi connectivity index (χ0n) is 21.8. The Morgan fingerprint density at radius 3 is 2.51 bits per heavy atom. The Morgan fingerprint density at radius 1 is 1.24 bits per heavy atom. The van der Waals surface area contributed by atoms with E-state index in [2.05, 4.69) is 38.4 Å². The molecule has 10 nitrogen and oxygen atoms in total. The third-order valence-electron chi connectivity index (χ3n) is 6.12. The maximum atomic E-state index is 13.3. The predicted molar refractivity (Wildman–Crippen MR) is 135 cm³/mol. The zero-order valence-corrected chi connectivity index (χ0v) is 25.1. The van der Waals surface area contributed by atoms with Crippen LogP contribution in [0.3, 0.4) is 0 Å². The topological polar surface area (TPSA) is 116 Å². The Balaban J connectivity index is 0.00000481. The molecule has 37 heavy (non-hydrogen) atoms. The van der Waals surface area contributed by atoms with E-state index in [1.54, 1.807) is 29.2 Å². The summed E-state index contributed by atoms with van der Waals surface area (Å²) in [7, 11) is -1.53. The van der Waals surface area contributed by atoms with Gasteiger partial charge < -0.3 is 18.9 Å². The summed E-state index contributed by atoms with van der Waals surface area (Å²) in [5, 5.41) is 19.0. The van der Waals surface area contributed by atoms with Crippen LogP contribution in [0.5, 0.6) is 0 Å². The molecule has 2 aliphatic heterocycles. The summed E-state index contributed by atoms with van der Waals surface area (Å²) in [6, 6.07) is 10.7. The summed E-state index contributed by atoms with van der Waals surface area (Å²) in [5.74, 6) is -0.339. The molecule has 0 bridgehead atoms. The Hall–Kier alpha value is -1.47. The number of aliphatic hydroxyl groups excluding tert-OH is 1. The molecule has 207 valence electrons. The van der Waals surface area contributed by atoms with Gasteiger partial charge in [-0.1, -0.05) is 18.2 Å². The number of rotatable bonds is 11. The van der Waals surface area contributed by atoms with Crippen molar-refractivity contribution in [1.82, 2.24) is 14.5 Å². The number of ether oxygens (including phenoxy) is 1. The van der Waals surface area contributed by atoms with Gasteiger partial charge in [0.2, 0.25) is 0 Å². The molecule has 3 rings (SSSR count). The van der Waals surface area contributed by atoms with E-state index in [1.807, 2.05) is 6.07 Å². The molecule has 2 heterocycles. The monoisotopic (exact) mass is 713 g/mol. The van der Waals surface area contributed by atoms with Crippen LogP contribution >= 0.6 is 8.53 Å². The largest absolute Gasteiger partial charge is 0.394 e. The van der Waals surface area contributed by atoms with E-state index in [-0.39, 0.29) is 57.7 Å². The smallest absolute Gasteiger partial charge is 0.329 e. The molecule has 1 radical (unpaired) electrons. The molecular formula is C25H37IrN4O6P. The molecule has 1 aromatic rings. The zero-order chi connectivity index (χ0) is 26.2. The summed E-state index contributed by atoms with van der Waals surface area (Å²) in [6.07, 6.45) is -0.580. The number of urea groups is 1. The number of hydrogen-bond donors (Lipinski definition) is 1. The van der Waals surface area contributed by atoms with Crippen LogP contribution < -0.4 is 0 Å². The van der Waals surface area contributed by atoms with Crippen LogP contribution in [0, 0.1) is 11.3 Å². The van der Waals surface area contributed by atoms with Gasteiger partial charge in [0, 0.05) is 57.3 Å². The Morgan fingerprint density at radius 2 is 1.92 bits per heavy atom. The van der Waals surface area contributed by atoms with Crippen LogP contribution in [0.1, 0.15) is 57.3 Å². The number of aliphatic hydroxyl groups is 1. The number of nitriles is 1. The van der Waals surface area contributed by atoms with Crippen LogP contribution in [-0.2, 0) is 33.9 Å². The second-order valence-corrected chi connectivity index (χ2v) is 10.8. The van der Waals surface area contributed by atoms with Crippen molar-refractivity contribution in [3.05, 3.63) is 35.9 Å². The SMILES string of the molecule is CC(C)N(C(C)C)P(OCCC#N)O[C@@H]1C[C@H](N2CCCN(C(=O)c3ccccc3)C2=O)OC1CO.[Ir]. The Labute approximate surface area is 234 Å². The normalized spacial score (nSPS) is 22.9. The van der Waals surface area contributed by atoms with E-state index in [4.69, 9.17) is 19.0 Å². The van der Waals surface area contributed by atoms with Crippen molar-refractivity contribution in [3.63, 3.8) is 0 Å². The minimum absolute atomic E-state index is 0. The van der Waals surface area contributed by atoms with Crippen LogP contribution in [0.4, 0.5) is 4.79 Å². The first-order valence-electron chi connectivity index (χ1n) is 12.5. The number of imide groups is 1. The molecule has 1 aromatic carbocycles. The fraction of sp³-hybridized carbons (Fsp3) is 0.640. The van der Waals surface area contributed by atoms with Gasteiger partial charge in [-0.2, -0.15) is 5.26 Å². The quantitative estimate of drug-likeness (QED) is 0.273. The van der Waals surface area contributed by atoms with Crippen molar-refractivity contribution in [2.45, 2.75) is 77.5 Å². The Kier molecular flexibility index (Phi) is 13.0. The average molecular weight is 713 g/mol. The van der Waals surface area contributed by atoms with Gasteiger partial charge in [-0.25, -0.2) is 9.46 Å². The number of carbonyl (C=O) groups excluding carboxylic acids is 2. The van der Waals surface area contributed by atoms with Crippen molar-refractivity contribution < 1.29 is 48.6 Å². The minimum Gasteiger partial charge on any atom is -0.394 e. The van der Waals surface area contributed by atoms with Gasteiger partial charge in [-0.05, 0) is 46.2 Å². The molecule has 0 aromatic heterocycles. The molecule has 2 saturated heterocycles. The van der Waals surface area contributed by atoms with Crippen LogP contribution in [0.15, 0.2) is 30.3 Å². The van der Waals surface area contributed by atoms with E-state index < -0.39 is 33.0 Å². The third-order valence-corrected chi connectivity index (χ3v) is 8.27. The third kappa shape index (κ3) is 8.01. The molecule has 0 saturated carbocycles. The van der Waals surface area contributed by atoms with Gasteiger partial charge in [-0.15, -0.1) is 0 Å². The van der Waals surface area contributed by atoms with Crippen molar-refractivity contribution in [2.75, 3.05) is 26.3 Å². The van der Waals surface area contributed by atoms with E-state index in [0.717, 1.165) is 0 Å². The molecular weight excluding hydrogens is 675 g/mol. The number of nitrogens with zero attached hydrogens (tertiary/aromatic N) is 4. The van der Waals surface area contributed by atoms with Crippen LogP contribution in [0.25, 0.3) is 0 Å². The molecule has 2 aliphatic rings. The predicted octanol–water partition coefficient (Wildman–Crippen LogP) is 3.72. The molecule has 2 unspecified atom stereocenters. The molecule has 4 atom stereocenters. The second kappa shape index (κ2) is 15.2. The maximum Gasteiger partial charge on any atom is 0.329 e. The maximum absolute atomic E-state index is 13.3. The fourth-order valence-corrected chi connectivity index (χ4v) is 6.27. The molecule has 2 fully saturated rings. The second-order valence-electron chi connectivity index (χ2n) is 9.39. The van der Waals surface area contributed by atoms with Crippen molar-refractivity contribution in [2.24, 2.45) is 0 Å². The van der Waals surface area contributed by atoms with Gasteiger partial charge in [0.15, 0.2) is 0 Å². The number of amides is 3. The summed E-state index contributed by atoms with van der Waals surface area (Å²) >= 11 is 0. The van der Waals surface area contributed by atoms with Crippen molar-refractivity contribution in [1.29, 1.82) is 5.26 Å². The first-order chi connectivity index (χ1) is 17.3. The van der Waals surface area contributed by atoms with Gasteiger partial charge in [0.05, 0.1) is 31.8 Å². The van der Waals surface area contributed by atoms with E-state index in [9.17, 15) is 14.7 Å². The molecule has 12 heteroatoms. The molecule has 0 aliphatic carbocycles. The average Bonchev–Trinajstić information content (AvgIpc) is 3.26. The van der Waals surface area contributed by atoms with E-state index in [0.29, 0.717) is 31.5 Å². The van der Waals surface area contributed by atoms with E-state index >= 15 is 0 Å². The van der Waals surface area contributed by atoms with Gasteiger partial charge in [-0.3, -0.25) is 14.6 Å². The first kappa shape index (κ1) is 31.7. The fourth-order valence-electron chi connectivity index (χ4n) is 4.52. The number of hydrogen-bond acceptors (Lipinski definition) is 8. The van der Waals surface area contributed by atoms with Crippen molar-refractivity contribution >= 4 is 20.5 Å².